The van der Waals surface area contributed by atoms with Crippen molar-refractivity contribution >= 4 is 29.5 Å². The first-order valence-electron chi connectivity index (χ1n) is 10.9. The molecule has 0 spiro atoms. The molecule has 4 rings (SSSR count). The van der Waals surface area contributed by atoms with Crippen LogP contribution in [0, 0.1) is 0 Å². The van der Waals surface area contributed by atoms with Crippen molar-refractivity contribution in [1.29, 1.82) is 0 Å². The molecule has 178 valence electrons. The van der Waals surface area contributed by atoms with E-state index in [9.17, 15) is 19.2 Å². The van der Waals surface area contributed by atoms with Crippen molar-refractivity contribution in [2.24, 2.45) is 0 Å². The summed E-state index contributed by atoms with van der Waals surface area (Å²) in [5.74, 6) is -0.503. The predicted octanol–water partition coefficient (Wildman–Crippen LogP) is 2.43. The Labute approximate surface area is 196 Å². The lowest BCUT2D eigenvalue weighted by molar-refractivity contribution is -0.133. The molecule has 0 aromatic heterocycles. The largest absolute Gasteiger partial charge is 0.490 e. The fraction of sp³-hybridized carbons (Fsp3) is 0.333. The molecule has 0 bridgehead atoms. The Morgan fingerprint density at radius 2 is 1.79 bits per heavy atom. The highest BCUT2D eigenvalue weighted by atomic mass is 16.5. The van der Waals surface area contributed by atoms with Crippen molar-refractivity contribution in [3.05, 3.63) is 53.6 Å². The van der Waals surface area contributed by atoms with Gasteiger partial charge in [-0.05, 0) is 55.8 Å². The molecule has 0 radical (unpaired) electrons. The third-order valence-corrected chi connectivity index (χ3v) is 5.58. The molecule has 2 aliphatic heterocycles. The van der Waals surface area contributed by atoms with Crippen LogP contribution in [0.25, 0.3) is 0 Å². The van der Waals surface area contributed by atoms with Crippen molar-refractivity contribution in [1.82, 2.24) is 10.2 Å². The van der Waals surface area contributed by atoms with Gasteiger partial charge in [0.25, 0.3) is 5.91 Å². The summed E-state index contributed by atoms with van der Waals surface area (Å²) < 4.78 is 16.2. The van der Waals surface area contributed by atoms with E-state index in [0.717, 1.165) is 11.3 Å². The Morgan fingerprint density at radius 1 is 1.09 bits per heavy atom. The number of ether oxygens (including phenoxy) is 3. The van der Waals surface area contributed by atoms with Gasteiger partial charge in [0, 0.05) is 12.1 Å². The molecule has 2 heterocycles. The molecule has 2 aromatic carbocycles. The summed E-state index contributed by atoms with van der Waals surface area (Å²) in [4.78, 5) is 50.9. The number of imide groups is 1. The normalized spacial score (nSPS) is 19.3. The second kappa shape index (κ2) is 9.42. The van der Waals surface area contributed by atoms with E-state index in [1.54, 1.807) is 32.0 Å². The van der Waals surface area contributed by atoms with Gasteiger partial charge in [-0.15, -0.1) is 0 Å². The van der Waals surface area contributed by atoms with Gasteiger partial charge in [0.05, 0.1) is 25.4 Å². The van der Waals surface area contributed by atoms with Gasteiger partial charge in [-0.1, -0.05) is 6.07 Å². The fourth-order valence-corrected chi connectivity index (χ4v) is 3.76. The molecule has 10 nitrogen and oxygen atoms in total. The number of anilines is 1. The molecule has 1 fully saturated rings. The fourth-order valence-electron chi connectivity index (χ4n) is 3.76. The summed E-state index contributed by atoms with van der Waals surface area (Å²) >= 11 is 0. The van der Waals surface area contributed by atoms with Crippen LogP contribution in [0.15, 0.2) is 42.5 Å². The zero-order chi connectivity index (χ0) is 24.3. The molecule has 1 atom stereocenters. The molecule has 0 aliphatic carbocycles. The number of amides is 4. The van der Waals surface area contributed by atoms with Crippen molar-refractivity contribution in [2.45, 2.75) is 25.8 Å². The van der Waals surface area contributed by atoms with Crippen molar-refractivity contribution in [3.63, 3.8) is 0 Å². The monoisotopic (exact) mass is 467 g/mol. The number of carbonyl (C=O) groups excluding carboxylic acids is 4. The van der Waals surface area contributed by atoms with Gasteiger partial charge < -0.3 is 24.8 Å². The second-order valence-electron chi connectivity index (χ2n) is 8.00. The number of hydrogen-bond donors (Lipinski definition) is 2. The Kier molecular flexibility index (Phi) is 6.40. The summed E-state index contributed by atoms with van der Waals surface area (Å²) in [5.41, 5.74) is -0.0771. The first kappa shape index (κ1) is 23.1. The molecule has 34 heavy (non-hydrogen) atoms. The SMILES string of the molecule is CCOC(=O)c1ccc(NC(=O)CN2C(=O)N[C@](C)(c3ccc4c(c3)OCCCO4)C2=O)cc1. The van der Waals surface area contributed by atoms with E-state index in [2.05, 4.69) is 10.6 Å². The number of urea groups is 1. The highest BCUT2D eigenvalue weighted by molar-refractivity contribution is 6.10. The third kappa shape index (κ3) is 4.52. The Hall–Kier alpha value is -4.08. The number of nitrogens with zero attached hydrogens (tertiary/aromatic N) is 1. The maximum atomic E-state index is 13.2. The van der Waals surface area contributed by atoms with Crippen LogP contribution in [-0.2, 0) is 19.9 Å². The molecular weight excluding hydrogens is 442 g/mol. The topological polar surface area (TPSA) is 123 Å². The highest BCUT2D eigenvalue weighted by Crippen LogP contribution is 2.36. The van der Waals surface area contributed by atoms with Crippen molar-refractivity contribution in [3.8, 4) is 11.5 Å². The average Bonchev–Trinajstić information content (AvgIpc) is 2.98. The Bertz CT molecular complexity index is 1130. The van der Waals surface area contributed by atoms with Gasteiger partial charge in [-0.25, -0.2) is 9.59 Å². The Balaban J connectivity index is 1.44. The van der Waals surface area contributed by atoms with E-state index in [1.165, 1.54) is 24.3 Å². The molecule has 10 heteroatoms. The minimum absolute atomic E-state index is 0.258. The quantitative estimate of drug-likeness (QED) is 0.494. The average molecular weight is 467 g/mol. The lowest BCUT2D eigenvalue weighted by Gasteiger charge is -2.23. The molecule has 2 aliphatic rings. The predicted molar refractivity (Wildman–Crippen MR) is 121 cm³/mol. The minimum atomic E-state index is -1.36. The van der Waals surface area contributed by atoms with Gasteiger partial charge in [0.15, 0.2) is 11.5 Å². The van der Waals surface area contributed by atoms with E-state index < -0.39 is 35.9 Å². The lowest BCUT2D eigenvalue weighted by Crippen LogP contribution is -2.42. The standard InChI is InChI=1S/C24H25N3O7/c1-3-32-21(29)15-5-8-17(9-6-15)25-20(28)14-27-22(30)24(2,26-23(27)31)16-7-10-18-19(13-16)34-12-4-11-33-18/h5-10,13H,3-4,11-12,14H2,1-2H3,(H,25,28)(H,26,31)/t24-/m1/s1. The van der Waals surface area contributed by atoms with E-state index in [-0.39, 0.29) is 6.61 Å². The van der Waals surface area contributed by atoms with Crippen LogP contribution in [0.1, 0.15) is 36.2 Å². The molecule has 2 aromatic rings. The smallest absolute Gasteiger partial charge is 0.338 e. The van der Waals surface area contributed by atoms with E-state index in [0.29, 0.717) is 41.5 Å². The minimum Gasteiger partial charge on any atom is -0.490 e. The maximum Gasteiger partial charge on any atom is 0.338 e. The molecule has 0 saturated carbocycles. The summed E-state index contributed by atoms with van der Waals surface area (Å²) in [6.07, 6.45) is 0.741. The number of rotatable bonds is 6. The second-order valence-corrected chi connectivity index (χ2v) is 8.00. The van der Waals surface area contributed by atoms with Crippen LogP contribution in [0.4, 0.5) is 10.5 Å². The first-order chi connectivity index (χ1) is 16.3. The summed E-state index contributed by atoms with van der Waals surface area (Å²) in [7, 11) is 0. The third-order valence-electron chi connectivity index (χ3n) is 5.58. The number of carbonyl (C=O) groups is 4. The van der Waals surface area contributed by atoms with Crippen LogP contribution in [-0.4, -0.2) is 55.1 Å². The first-order valence-corrected chi connectivity index (χ1v) is 10.9. The maximum absolute atomic E-state index is 13.2. The Morgan fingerprint density at radius 3 is 2.50 bits per heavy atom. The number of esters is 1. The van der Waals surface area contributed by atoms with Gasteiger partial charge >= 0.3 is 12.0 Å². The summed E-state index contributed by atoms with van der Waals surface area (Å²) in [5, 5.41) is 5.30. The van der Waals surface area contributed by atoms with Crippen LogP contribution >= 0.6 is 0 Å². The molecule has 4 amide bonds. The van der Waals surface area contributed by atoms with Crippen molar-refractivity contribution in [2.75, 3.05) is 31.7 Å². The van der Waals surface area contributed by atoms with Gasteiger partial charge in [-0.2, -0.15) is 0 Å². The summed E-state index contributed by atoms with van der Waals surface area (Å²) in [6.45, 7) is 4.11. The van der Waals surface area contributed by atoms with E-state index in [4.69, 9.17) is 14.2 Å². The zero-order valence-electron chi connectivity index (χ0n) is 18.9. The van der Waals surface area contributed by atoms with Crippen LogP contribution in [0.3, 0.4) is 0 Å². The van der Waals surface area contributed by atoms with Crippen LogP contribution < -0.4 is 20.1 Å². The number of benzene rings is 2. The molecule has 2 N–H and O–H groups in total. The van der Waals surface area contributed by atoms with E-state index in [1.807, 2.05) is 0 Å². The van der Waals surface area contributed by atoms with Gasteiger partial charge in [-0.3, -0.25) is 14.5 Å². The number of fused-ring (bicyclic) bond motifs is 1. The lowest BCUT2D eigenvalue weighted by atomic mass is 9.91. The summed E-state index contributed by atoms with van der Waals surface area (Å²) in [6, 6.07) is 10.5. The zero-order valence-corrected chi connectivity index (χ0v) is 18.9. The number of nitrogens with one attached hydrogen (secondary N) is 2. The molecule has 0 unspecified atom stereocenters. The van der Waals surface area contributed by atoms with Gasteiger partial charge in [0.2, 0.25) is 5.91 Å². The van der Waals surface area contributed by atoms with Crippen molar-refractivity contribution < 1.29 is 33.4 Å². The molecular formula is C24H25N3O7. The number of hydrogen-bond acceptors (Lipinski definition) is 7. The van der Waals surface area contributed by atoms with Crippen LogP contribution in [0.2, 0.25) is 0 Å². The van der Waals surface area contributed by atoms with Gasteiger partial charge in [0.1, 0.15) is 12.1 Å². The van der Waals surface area contributed by atoms with E-state index >= 15 is 0 Å². The highest BCUT2D eigenvalue weighted by Gasteiger charge is 2.49. The molecule has 1 saturated heterocycles. The van der Waals surface area contributed by atoms with Crippen LogP contribution in [0.5, 0.6) is 11.5 Å².